The Bertz CT molecular complexity index is 186. The highest BCUT2D eigenvalue weighted by Gasteiger charge is 2.20. The van der Waals surface area contributed by atoms with Gasteiger partial charge in [0.05, 0.1) is 13.2 Å². The number of carbonyl (C=O) groups is 1. The van der Waals surface area contributed by atoms with Gasteiger partial charge in [-0.2, -0.15) is 0 Å². The van der Waals surface area contributed by atoms with Crippen molar-refractivity contribution in [3.63, 3.8) is 0 Å². The molecule has 1 rings (SSSR count). The second-order valence-electron chi connectivity index (χ2n) is 4.28. The average Bonchev–Trinajstić information content (AvgIpc) is 2.80. The van der Waals surface area contributed by atoms with Gasteiger partial charge in [-0.15, -0.1) is 0 Å². The van der Waals surface area contributed by atoms with Crippen molar-refractivity contribution in [2.45, 2.75) is 59.0 Å². The van der Waals surface area contributed by atoms with Crippen LogP contribution in [0.1, 0.15) is 52.9 Å². The second-order valence-corrected chi connectivity index (χ2v) is 4.28. The lowest BCUT2D eigenvalue weighted by Crippen LogP contribution is -2.04. The summed E-state index contributed by atoms with van der Waals surface area (Å²) in [7, 11) is 0. The third kappa shape index (κ3) is 10.5. The maximum atomic E-state index is 10.4. The van der Waals surface area contributed by atoms with Gasteiger partial charge in [0.15, 0.2) is 0 Å². The SMILES string of the molecule is CCC1CCC(=O)O1.CCCOCCOCCC. The normalized spacial score (nSPS) is 18.2. The van der Waals surface area contributed by atoms with Crippen molar-refractivity contribution in [3.8, 4) is 0 Å². The van der Waals surface area contributed by atoms with Crippen molar-refractivity contribution in [1.29, 1.82) is 0 Å². The molecule has 0 saturated carbocycles. The number of hydrogen-bond acceptors (Lipinski definition) is 4. The lowest BCUT2D eigenvalue weighted by Gasteiger charge is -2.02. The lowest BCUT2D eigenvalue weighted by molar-refractivity contribution is -0.141. The van der Waals surface area contributed by atoms with Gasteiger partial charge in [0.1, 0.15) is 6.10 Å². The minimum atomic E-state index is -0.0307. The third-order valence-corrected chi connectivity index (χ3v) is 2.49. The van der Waals surface area contributed by atoms with Crippen molar-refractivity contribution >= 4 is 5.97 Å². The molecule has 0 aromatic heterocycles. The molecule has 1 aliphatic heterocycles. The molecule has 0 aliphatic carbocycles. The van der Waals surface area contributed by atoms with Crippen molar-refractivity contribution in [2.24, 2.45) is 0 Å². The van der Waals surface area contributed by atoms with Gasteiger partial charge in [-0.1, -0.05) is 20.8 Å². The first kappa shape index (κ1) is 17.4. The highest BCUT2D eigenvalue weighted by molar-refractivity contribution is 5.71. The second kappa shape index (κ2) is 12.8. The molecule has 4 nitrogen and oxygen atoms in total. The van der Waals surface area contributed by atoms with Crippen LogP contribution in [0.25, 0.3) is 0 Å². The van der Waals surface area contributed by atoms with Crippen LogP contribution in [0, 0.1) is 0 Å². The van der Waals surface area contributed by atoms with Crippen LogP contribution in [0.15, 0.2) is 0 Å². The van der Waals surface area contributed by atoms with Crippen molar-refractivity contribution in [2.75, 3.05) is 26.4 Å². The van der Waals surface area contributed by atoms with Gasteiger partial charge in [-0.05, 0) is 25.7 Å². The van der Waals surface area contributed by atoms with E-state index in [1.807, 2.05) is 6.92 Å². The predicted molar refractivity (Wildman–Crippen MR) is 71.6 cm³/mol. The Labute approximate surface area is 111 Å². The minimum Gasteiger partial charge on any atom is -0.462 e. The first-order chi connectivity index (χ1) is 8.74. The quantitative estimate of drug-likeness (QED) is 0.497. The summed E-state index contributed by atoms with van der Waals surface area (Å²) in [4.78, 5) is 10.4. The molecule has 18 heavy (non-hydrogen) atoms. The molecule has 1 atom stereocenters. The van der Waals surface area contributed by atoms with E-state index in [-0.39, 0.29) is 12.1 Å². The Morgan fingerprint density at radius 3 is 1.89 bits per heavy atom. The Morgan fingerprint density at radius 2 is 1.61 bits per heavy atom. The molecular formula is C14H28O4. The lowest BCUT2D eigenvalue weighted by atomic mass is 10.2. The maximum absolute atomic E-state index is 10.4. The first-order valence-electron chi connectivity index (χ1n) is 7.09. The molecule has 0 N–H and O–H groups in total. The Balaban J connectivity index is 0.000000327. The maximum Gasteiger partial charge on any atom is 0.306 e. The van der Waals surface area contributed by atoms with Crippen LogP contribution in [0.4, 0.5) is 0 Å². The fourth-order valence-corrected chi connectivity index (χ4v) is 1.48. The number of hydrogen-bond donors (Lipinski definition) is 0. The fourth-order valence-electron chi connectivity index (χ4n) is 1.48. The molecule has 1 aliphatic rings. The summed E-state index contributed by atoms with van der Waals surface area (Å²) in [5.74, 6) is -0.0307. The van der Waals surface area contributed by atoms with E-state index in [1.165, 1.54) is 0 Å². The molecular weight excluding hydrogens is 232 g/mol. The van der Waals surface area contributed by atoms with Crippen LogP contribution in [-0.4, -0.2) is 38.5 Å². The highest BCUT2D eigenvalue weighted by atomic mass is 16.5. The average molecular weight is 260 g/mol. The number of cyclic esters (lactones) is 1. The molecule has 0 aromatic rings. The molecule has 0 radical (unpaired) electrons. The van der Waals surface area contributed by atoms with E-state index >= 15 is 0 Å². The molecule has 0 aromatic carbocycles. The van der Waals surface area contributed by atoms with Gasteiger partial charge in [0.2, 0.25) is 0 Å². The van der Waals surface area contributed by atoms with Crippen LogP contribution >= 0.6 is 0 Å². The van der Waals surface area contributed by atoms with Crippen LogP contribution in [-0.2, 0) is 19.0 Å². The zero-order valence-corrected chi connectivity index (χ0v) is 12.1. The third-order valence-electron chi connectivity index (χ3n) is 2.49. The van der Waals surface area contributed by atoms with E-state index in [4.69, 9.17) is 14.2 Å². The molecule has 0 amide bonds. The first-order valence-corrected chi connectivity index (χ1v) is 7.09. The van der Waals surface area contributed by atoms with Gasteiger partial charge in [-0.25, -0.2) is 0 Å². The van der Waals surface area contributed by atoms with E-state index in [1.54, 1.807) is 0 Å². The van der Waals surface area contributed by atoms with E-state index in [0.29, 0.717) is 6.42 Å². The molecule has 4 heteroatoms. The van der Waals surface area contributed by atoms with E-state index < -0.39 is 0 Å². The molecule has 0 bridgehead atoms. The number of esters is 1. The fraction of sp³-hybridized carbons (Fsp3) is 0.929. The van der Waals surface area contributed by atoms with E-state index in [9.17, 15) is 4.79 Å². The summed E-state index contributed by atoms with van der Waals surface area (Å²) in [5, 5.41) is 0. The Kier molecular flexibility index (Phi) is 12.4. The summed E-state index contributed by atoms with van der Waals surface area (Å²) >= 11 is 0. The van der Waals surface area contributed by atoms with Gasteiger partial charge in [-0.3, -0.25) is 4.79 Å². The monoisotopic (exact) mass is 260 g/mol. The topological polar surface area (TPSA) is 44.8 Å². The van der Waals surface area contributed by atoms with Crippen LogP contribution < -0.4 is 0 Å². The molecule has 0 spiro atoms. The van der Waals surface area contributed by atoms with Crippen LogP contribution in [0.2, 0.25) is 0 Å². The van der Waals surface area contributed by atoms with Crippen LogP contribution in [0.3, 0.4) is 0 Å². The van der Waals surface area contributed by atoms with Crippen molar-refractivity contribution in [1.82, 2.24) is 0 Å². The van der Waals surface area contributed by atoms with Gasteiger partial charge in [0.25, 0.3) is 0 Å². The zero-order chi connectivity index (χ0) is 13.6. The number of rotatable bonds is 8. The van der Waals surface area contributed by atoms with Crippen molar-refractivity contribution < 1.29 is 19.0 Å². The van der Waals surface area contributed by atoms with Crippen molar-refractivity contribution in [3.05, 3.63) is 0 Å². The largest absolute Gasteiger partial charge is 0.462 e. The molecule has 108 valence electrons. The summed E-state index contributed by atoms with van der Waals surface area (Å²) in [6.07, 6.45) is 4.92. The summed E-state index contributed by atoms with van der Waals surface area (Å²) < 4.78 is 15.3. The summed E-state index contributed by atoms with van der Waals surface area (Å²) in [6, 6.07) is 0. The zero-order valence-electron chi connectivity index (χ0n) is 12.1. The molecule has 1 unspecified atom stereocenters. The molecule has 1 heterocycles. The van der Waals surface area contributed by atoms with Gasteiger partial charge < -0.3 is 14.2 Å². The van der Waals surface area contributed by atoms with Gasteiger partial charge in [0, 0.05) is 19.6 Å². The molecule has 1 fully saturated rings. The van der Waals surface area contributed by atoms with E-state index in [2.05, 4.69) is 13.8 Å². The molecule has 1 saturated heterocycles. The Hall–Kier alpha value is -0.610. The highest BCUT2D eigenvalue weighted by Crippen LogP contribution is 2.15. The summed E-state index contributed by atoms with van der Waals surface area (Å²) in [6.45, 7) is 9.44. The predicted octanol–water partition coefficient (Wildman–Crippen LogP) is 2.94. The minimum absolute atomic E-state index is 0.0307. The number of carbonyl (C=O) groups excluding carboxylic acids is 1. The Morgan fingerprint density at radius 1 is 1.06 bits per heavy atom. The smallest absolute Gasteiger partial charge is 0.306 e. The number of ether oxygens (including phenoxy) is 3. The van der Waals surface area contributed by atoms with Gasteiger partial charge >= 0.3 is 5.97 Å². The van der Waals surface area contributed by atoms with E-state index in [0.717, 1.165) is 52.1 Å². The standard InChI is InChI=1S/C8H18O2.C6H10O2/c1-3-5-9-7-8-10-6-4-2;1-2-5-3-4-6(7)8-5/h3-8H2,1-2H3;5H,2-4H2,1H3. The van der Waals surface area contributed by atoms with Crippen LogP contribution in [0.5, 0.6) is 0 Å². The summed E-state index contributed by atoms with van der Waals surface area (Å²) in [5.41, 5.74) is 0.